The summed E-state index contributed by atoms with van der Waals surface area (Å²) >= 11 is 6.43. The lowest BCUT2D eigenvalue weighted by molar-refractivity contribution is 0.757. The molecule has 0 fully saturated rings. The highest BCUT2D eigenvalue weighted by atomic mass is 35.5. The molecule has 0 aromatic heterocycles. The summed E-state index contributed by atoms with van der Waals surface area (Å²) in [6, 6.07) is 3.94. The summed E-state index contributed by atoms with van der Waals surface area (Å²) in [5.74, 6) is 0.309. The Morgan fingerprint density at radius 3 is 2.33 bits per heavy atom. The summed E-state index contributed by atoms with van der Waals surface area (Å²) in [7, 11) is 3.18. The number of hydrogen-bond acceptors (Lipinski definition) is 3. The summed E-state index contributed by atoms with van der Waals surface area (Å²) in [6.45, 7) is 4.00. The molecule has 3 rings (SSSR count). The number of halogens is 1. The van der Waals surface area contributed by atoms with Crippen LogP contribution in [0.3, 0.4) is 0 Å². The minimum Gasteiger partial charge on any atom is -0.328 e. The Labute approximate surface area is 125 Å². The number of aromatic nitrogens is 3. The second kappa shape index (κ2) is 4.43. The van der Waals surface area contributed by atoms with Crippen molar-refractivity contribution in [2.24, 2.45) is 14.1 Å². The van der Waals surface area contributed by atoms with Gasteiger partial charge in [-0.3, -0.25) is 9.36 Å². The Morgan fingerprint density at radius 2 is 1.67 bits per heavy atom. The Hall–Kier alpha value is -2.14. The number of benzene rings is 1. The normalized spacial score (nSPS) is 11.5. The van der Waals surface area contributed by atoms with Crippen LogP contribution in [0.15, 0.2) is 21.7 Å². The van der Waals surface area contributed by atoms with Crippen LogP contribution in [0.25, 0.3) is 22.3 Å². The molecule has 108 valence electrons. The first-order valence-corrected chi connectivity index (χ1v) is 6.87. The standard InChI is InChI=1S/C15H14ClN3O2/c1-7-5-9-10(6-8(7)2)18(3)13-11(12(9)16)14(20)19(4)15(21)17-13/h5-6H,1-4H3. The first kappa shape index (κ1) is 13.8. The van der Waals surface area contributed by atoms with E-state index in [1.807, 2.05) is 26.0 Å². The first-order valence-electron chi connectivity index (χ1n) is 6.49. The number of nitrogens with zero attached hydrogens (tertiary/aromatic N) is 3. The molecule has 1 aromatic rings. The van der Waals surface area contributed by atoms with Crippen LogP contribution in [0.1, 0.15) is 11.1 Å². The van der Waals surface area contributed by atoms with Gasteiger partial charge in [0.2, 0.25) is 0 Å². The molecule has 0 bridgehead atoms. The third-order valence-electron chi connectivity index (χ3n) is 3.98. The van der Waals surface area contributed by atoms with Gasteiger partial charge >= 0.3 is 5.69 Å². The molecule has 0 saturated heterocycles. The second-order valence-corrected chi connectivity index (χ2v) is 5.66. The zero-order valence-electron chi connectivity index (χ0n) is 12.2. The fourth-order valence-electron chi connectivity index (χ4n) is 2.51. The molecule has 0 atom stereocenters. The number of fused-ring (bicyclic) bond motifs is 2. The van der Waals surface area contributed by atoms with E-state index < -0.39 is 11.2 Å². The molecule has 0 radical (unpaired) electrons. The van der Waals surface area contributed by atoms with E-state index in [2.05, 4.69) is 4.98 Å². The van der Waals surface area contributed by atoms with E-state index in [0.717, 1.165) is 26.6 Å². The molecule has 0 amide bonds. The van der Waals surface area contributed by atoms with Gasteiger partial charge in [-0.1, -0.05) is 11.6 Å². The molecule has 0 N–H and O–H groups in total. The van der Waals surface area contributed by atoms with E-state index in [1.165, 1.54) is 7.05 Å². The topological polar surface area (TPSA) is 56.9 Å². The van der Waals surface area contributed by atoms with Crippen LogP contribution in [0.5, 0.6) is 0 Å². The third-order valence-corrected chi connectivity index (χ3v) is 4.37. The lowest BCUT2D eigenvalue weighted by Gasteiger charge is -2.17. The predicted molar refractivity (Wildman–Crippen MR) is 83.3 cm³/mol. The molecule has 6 heteroatoms. The van der Waals surface area contributed by atoms with Crippen LogP contribution < -0.4 is 11.2 Å². The van der Waals surface area contributed by atoms with Crippen molar-refractivity contribution in [1.82, 2.24) is 14.1 Å². The molecule has 2 aliphatic heterocycles. The smallest absolute Gasteiger partial charge is 0.328 e. The van der Waals surface area contributed by atoms with Crippen LogP contribution in [0.2, 0.25) is 5.02 Å². The summed E-state index contributed by atoms with van der Waals surface area (Å²) in [6.07, 6.45) is 0. The van der Waals surface area contributed by atoms with Crippen LogP contribution >= 0.6 is 11.6 Å². The highest BCUT2D eigenvalue weighted by molar-refractivity contribution is 6.38. The molecule has 2 heterocycles. The Balaban J connectivity index is 2.70. The van der Waals surface area contributed by atoms with Gasteiger partial charge < -0.3 is 4.57 Å². The molecule has 0 spiro atoms. The quantitative estimate of drug-likeness (QED) is 0.597. The van der Waals surface area contributed by atoms with Crippen molar-refractivity contribution >= 4 is 22.5 Å². The van der Waals surface area contributed by atoms with Crippen molar-refractivity contribution in [3.63, 3.8) is 0 Å². The lowest BCUT2D eigenvalue weighted by Crippen LogP contribution is -2.36. The monoisotopic (exact) mass is 303 g/mol. The van der Waals surface area contributed by atoms with Crippen LogP contribution in [0, 0.1) is 13.8 Å². The summed E-state index contributed by atoms with van der Waals surface area (Å²) in [4.78, 5) is 28.1. The summed E-state index contributed by atoms with van der Waals surface area (Å²) in [5, 5.41) is 1.13. The largest absolute Gasteiger partial charge is 0.352 e. The average Bonchev–Trinajstić information content (AvgIpc) is 2.44. The van der Waals surface area contributed by atoms with Gasteiger partial charge in [0, 0.05) is 19.5 Å². The van der Waals surface area contributed by atoms with Gasteiger partial charge in [0.25, 0.3) is 5.56 Å². The fourth-order valence-corrected chi connectivity index (χ4v) is 2.83. The fraction of sp³-hybridized carbons (Fsp3) is 0.267. The minimum atomic E-state index is -0.581. The number of hydrogen-bond donors (Lipinski definition) is 0. The highest BCUT2D eigenvalue weighted by Crippen LogP contribution is 2.34. The highest BCUT2D eigenvalue weighted by Gasteiger charge is 2.22. The SMILES string of the molecule is Cc1cc2c(Cl)c3c(=O)n(C)c(=O)nc-3n(C)c2cc1C. The van der Waals surface area contributed by atoms with Gasteiger partial charge in [-0.2, -0.15) is 4.98 Å². The van der Waals surface area contributed by atoms with Gasteiger partial charge in [-0.05, 0) is 37.1 Å². The molecule has 1 aromatic carbocycles. The maximum atomic E-state index is 12.3. The first-order chi connectivity index (χ1) is 9.82. The zero-order chi connectivity index (χ0) is 15.5. The van der Waals surface area contributed by atoms with Crippen molar-refractivity contribution in [2.45, 2.75) is 13.8 Å². The van der Waals surface area contributed by atoms with Gasteiger partial charge in [-0.25, -0.2) is 4.79 Å². The maximum absolute atomic E-state index is 12.3. The predicted octanol–water partition coefficient (Wildman–Crippen LogP) is 2.01. The van der Waals surface area contributed by atoms with Crippen molar-refractivity contribution in [3.8, 4) is 11.4 Å². The third kappa shape index (κ3) is 1.81. The summed E-state index contributed by atoms with van der Waals surface area (Å²) < 4.78 is 2.72. The van der Waals surface area contributed by atoms with Crippen molar-refractivity contribution < 1.29 is 0 Å². The van der Waals surface area contributed by atoms with Crippen LogP contribution in [-0.2, 0) is 14.1 Å². The molecule has 0 unspecified atom stereocenters. The van der Waals surface area contributed by atoms with Gasteiger partial charge in [0.15, 0.2) is 5.82 Å². The van der Waals surface area contributed by atoms with Crippen molar-refractivity contribution in [2.75, 3.05) is 0 Å². The van der Waals surface area contributed by atoms with Gasteiger partial charge in [0.1, 0.15) is 5.56 Å². The van der Waals surface area contributed by atoms with Gasteiger partial charge in [-0.15, -0.1) is 0 Å². The van der Waals surface area contributed by atoms with Crippen LogP contribution in [0.4, 0.5) is 0 Å². The molecule has 5 nitrogen and oxygen atoms in total. The summed E-state index contributed by atoms with van der Waals surface area (Å²) in [5.41, 5.74) is 2.31. The van der Waals surface area contributed by atoms with E-state index in [4.69, 9.17) is 11.6 Å². The lowest BCUT2D eigenvalue weighted by atomic mass is 10.0. The van der Waals surface area contributed by atoms with Gasteiger partial charge in [0.05, 0.1) is 10.5 Å². The zero-order valence-corrected chi connectivity index (χ0v) is 12.9. The number of pyridine rings is 1. The molecule has 0 aliphatic carbocycles. The Morgan fingerprint density at radius 1 is 1.05 bits per heavy atom. The van der Waals surface area contributed by atoms with E-state index in [-0.39, 0.29) is 5.56 Å². The van der Waals surface area contributed by atoms with Crippen molar-refractivity contribution in [1.29, 1.82) is 0 Å². The Bertz CT molecular complexity index is 985. The Kier molecular flexibility index (Phi) is 2.92. The molecular weight excluding hydrogens is 290 g/mol. The van der Waals surface area contributed by atoms with E-state index in [1.54, 1.807) is 11.6 Å². The minimum absolute atomic E-state index is 0.275. The van der Waals surface area contributed by atoms with E-state index in [9.17, 15) is 9.59 Å². The number of aryl methyl sites for hydroxylation is 3. The van der Waals surface area contributed by atoms with E-state index >= 15 is 0 Å². The number of rotatable bonds is 0. The maximum Gasteiger partial charge on any atom is 0.352 e. The van der Waals surface area contributed by atoms with Crippen LogP contribution in [-0.4, -0.2) is 14.1 Å². The second-order valence-electron chi connectivity index (χ2n) is 5.28. The molecule has 0 saturated carbocycles. The van der Waals surface area contributed by atoms with Crippen molar-refractivity contribution in [3.05, 3.63) is 49.1 Å². The van der Waals surface area contributed by atoms with E-state index in [0.29, 0.717) is 10.8 Å². The molecule has 21 heavy (non-hydrogen) atoms. The molecular formula is C15H14ClN3O2. The average molecular weight is 304 g/mol. The molecule has 2 aliphatic rings.